The first kappa shape index (κ1) is 23.9. The molecule has 1 rings (SSSR count). The first-order valence-corrected chi connectivity index (χ1v) is 7.94. The molecule has 24 heavy (non-hydrogen) atoms. The molecule has 0 heterocycles. The summed E-state index contributed by atoms with van der Waals surface area (Å²) in [4.78, 5) is 29.7. The van der Waals surface area contributed by atoms with E-state index < -0.39 is 17.9 Å². The number of unbranched alkanes of at least 4 members (excludes halogenated alkanes) is 1. The summed E-state index contributed by atoms with van der Waals surface area (Å²) >= 11 is 0. The van der Waals surface area contributed by atoms with Crippen LogP contribution < -0.4 is 0 Å². The number of carboxylic acids is 2. The maximum Gasteiger partial charge on any atom is 0.417 e. The van der Waals surface area contributed by atoms with Gasteiger partial charge in [-0.1, -0.05) is 69.5 Å². The molecule has 136 valence electrons. The molecule has 0 spiro atoms. The molecule has 1 aromatic carbocycles. The Morgan fingerprint density at radius 1 is 0.875 bits per heavy atom. The van der Waals surface area contributed by atoms with Crippen molar-refractivity contribution in [3.63, 3.8) is 0 Å². The van der Waals surface area contributed by atoms with Crippen molar-refractivity contribution in [1.82, 2.24) is 0 Å². The van der Waals surface area contributed by atoms with Gasteiger partial charge in [-0.25, -0.2) is 9.59 Å². The number of hydrogen-bond acceptors (Lipinski definition) is 4. The highest BCUT2D eigenvalue weighted by Crippen LogP contribution is 2.14. The highest BCUT2D eigenvalue weighted by molar-refractivity contribution is 6.28. The van der Waals surface area contributed by atoms with Gasteiger partial charge < -0.3 is 14.9 Å². The van der Waals surface area contributed by atoms with Crippen LogP contribution in [0.3, 0.4) is 0 Å². The third-order valence-corrected chi connectivity index (χ3v) is 2.92. The number of carboxylic acid groups (broad SMARTS) is 2. The van der Waals surface area contributed by atoms with Crippen LogP contribution in [0.5, 0.6) is 0 Å². The van der Waals surface area contributed by atoms with E-state index in [9.17, 15) is 14.4 Å². The van der Waals surface area contributed by atoms with Gasteiger partial charge in [0.15, 0.2) is 0 Å². The summed E-state index contributed by atoms with van der Waals surface area (Å²) in [7, 11) is 1.01. The number of carbonyl (C=O) groups excluding carboxylic acids is 1. The van der Waals surface area contributed by atoms with E-state index in [1.807, 2.05) is 43.3 Å². The summed E-state index contributed by atoms with van der Waals surface area (Å²) in [5.74, 6) is -3.53. The molecule has 1 unspecified atom stereocenters. The van der Waals surface area contributed by atoms with Crippen LogP contribution in [0, 0.1) is 5.92 Å². The van der Waals surface area contributed by atoms with Crippen molar-refractivity contribution in [3.05, 3.63) is 36.4 Å². The number of methoxy groups -OCH3 is 1. The molecule has 0 saturated carbocycles. The van der Waals surface area contributed by atoms with Crippen LogP contribution in [0.25, 0.3) is 0 Å². The molecule has 0 fully saturated rings. The average Bonchev–Trinajstić information content (AvgIpc) is 2.60. The molecule has 0 aliphatic carbocycles. The lowest BCUT2D eigenvalue weighted by molar-refractivity contribution is -0.161. The Bertz CT molecular complexity index is 417. The SMILES string of the molecule is CCCCC(CCC)C(=O)O.COC(=O)C(=O)O.c1ccccc1. The molecule has 0 aliphatic heterocycles. The lowest BCUT2D eigenvalue weighted by atomic mass is 9.97. The van der Waals surface area contributed by atoms with Crippen LogP contribution in [-0.4, -0.2) is 35.2 Å². The fourth-order valence-corrected chi connectivity index (χ4v) is 1.66. The molecular formula is C18H28O6. The smallest absolute Gasteiger partial charge is 0.417 e. The highest BCUT2D eigenvalue weighted by atomic mass is 16.5. The van der Waals surface area contributed by atoms with Crippen LogP contribution in [0.15, 0.2) is 36.4 Å². The predicted molar refractivity (Wildman–Crippen MR) is 91.7 cm³/mol. The summed E-state index contributed by atoms with van der Waals surface area (Å²) in [6.45, 7) is 4.12. The Kier molecular flexibility index (Phi) is 16.9. The molecule has 1 atom stereocenters. The Hall–Kier alpha value is -2.37. The van der Waals surface area contributed by atoms with Gasteiger partial charge >= 0.3 is 17.9 Å². The standard InChI is InChI=1S/C9H18O2.C6H6.C3H4O4/c1-3-5-7-8(6-4-2)9(10)11;1-2-4-6-5-3-1;1-7-3(6)2(4)5/h8H,3-7H2,1-2H3,(H,10,11);1-6H;1H3,(H,4,5). The third kappa shape index (κ3) is 16.0. The monoisotopic (exact) mass is 340 g/mol. The second-order valence-electron chi connectivity index (χ2n) is 4.92. The van der Waals surface area contributed by atoms with Gasteiger partial charge in [0.05, 0.1) is 13.0 Å². The summed E-state index contributed by atoms with van der Waals surface area (Å²) in [6.07, 6.45) is 4.78. The van der Waals surface area contributed by atoms with Crippen LogP contribution >= 0.6 is 0 Å². The third-order valence-electron chi connectivity index (χ3n) is 2.92. The molecule has 2 N–H and O–H groups in total. The Balaban J connectivity index is 0. The number of carbonyl (C=O) groups is 3. The van der Waals surface area contributed by atoms with Crippen LogP contribution in [0.2, 0.25) is 0 Å². The van der Waals surface area contributed by atoms with Crippen LogP contribution in [0.1, 0.15) is 46.0 Å². The van der Waals surface area contributed by atoms with E-state index in [-0.39, 0.29) is 5.92 Å². The molecule has 0 bridgehead atoms. The zero-order valence-corrected chi connectivity index (χ0v) is 14.6. The number of hydrogen-bond donors (Lipinski definition) is 2. The summed E-state index contributed by atoms with van der Waals surface area (Å²) in [5.41, 5.74) is 0. The van der Waals surface area contributed by atoms with Crippen molar-refractivity contribution < 1.29 is 29.3 Å². The molecule has 6 heteroatoms. The number of ether oxygens (including phenoxy) is 1. The van der Waals surface area contributed by atoms with Gasteiger partial charge in [-0.2, -0.15) is 0 Å². The minimum Gasteiger partial charge on any atom is -0.481 e. The van der Waals surface area contributed by atoms with Crippen molar-refractivity contribution in [2.24, 2.45) is 5.92 Å². The van der Waals surface area contributed by atoms with E-state index >= 15 is 0 Å². The van der Waals surface area contributed by atoms with Gasteiger partial charge in [0.25, 0.3) is 0 Å². The number of esters is 1. The van der Waals surface area contributed by atoms with Crippen molar-refractivity contribution in [2.45, 2.75) is 46.0 Å². The zero-order valence-electron chi connectivity index (χ0n) is 14.6. The van der Waals surface area contributed by atoms with Gasteiger partial charge in [-0.15, -0.1) is 0 Å². The molecule has 0 radical (unpaired) electrons. The molecule has 1 aromatic rings. The van der Waals surface area contributed by atoms with Crippen molar-refractivity contribution in [2.75, 3.05) is 7.11 Å². The van der Waals surface area contributed by atoms with E-state index in [0.717, 1.165) is 39.2 Å². The largest absolute Gasteiger partial charge is 0.481 e. The van der Waals surface area contributed by atoms with Crippen molar-refractivity contribution >= 4 is 17.9 Å². The second-order valence-corrected chi connectivity index (χ2v) is 4.92. The lowest BCUT2D eigenvalue weighted by Gasteiger charge is -2.08. The van der Waals surface area contributed by atoms with E-state index in [4.69, 9.17) is 10.2 Å². The molecule has 0 saturated heterocycles. The van der Waals surface area contributed by atoms with Crippen LogP contribution in [-0.2, 0) is 19.1 Å². The Morgan fingerprint density at radius 3 is 1.54 bits per heavy atom. The van der Waals surface area contributed by atoms with Crippen LogP contribution in [0.4, 0.5) is 0 Å². The molecular weight excluding hydrogens is 312 g/mol. The van der Waals surface area contributed by atoms with Crippen molar-refractivity contribution in [1.29, 1.82) is 0 Å². The Labute approximate surface area is 143 Å². The van der Waals surface area contributed by atoms with Gasteiger partial charge in [-0.3, -0.25) is 4.79 Å². The molecule has 0 amide bonds. The van der Waals surface area contributed by atoms with Gasteiger partial charge in [0.2, 0.25) is 0 Å². The van der Waals surface area contributed by atoms with E-state index in [1.54, 1.807) is 0 Å². The number of aliphatic carboxylic acids is 2. The van der Waals surface area contributed by atoms with Gasteiger partial charge in [0, 0.05) is 0 Å². The zero-order chi connectivity index (χ0) is 18.8. The minimum absolute atomic E-state index is 0.0973. The Morgan fingerprint density at radius 2 is 1.33 bits per heavy atom. The first-order chi connectivity index (χ1) is 11.4. The second kappa shape index (κ2) is 17.0. The highest BCUT2D eigenvalue weighted by Gasteiger charge is 2.14. The normalized spacial score (nSPS) is 10.1. The summed E-state index contributed by atoms with van der Waals surface area (Å²) in [5, 5.41) is 16.4. The van der Waals surface area contributed by atoms with Gasteiger partial charge in [0.1, 0.15) is 0 Å². The van der Waals surface area contributed by atoms with Crippen molar-refractivity contribution in [3.8, 4) is 0 Å². The first-order valence-electron chi connectivity index (χ1n) is 7.94. The fraction of sp³-hybridized carbons (Fsp3) is 0.500. The lowest BCUT2D eigenvalue weighted by Crippen LogP contribution is -2.13. The maximum absolute atomic E-state index is 10.6. The predicted octanol–water partition coefficient (Wildman–Crippen LogP) is 3.61. The number of benzene rings is 1. The minimum atomic E-state index is -1.57. The maximum atomic E-state index is 10.6. The number of rotatable bonds is 6. The fourth-order valence-electron chi connectivity index (χ4n) is 1.66. The van der Waals surface area contributed by atoms with E-state index in [2.05, 4.69) is 11.7 Å². The quantitative estimate of drug-likeness (QED) is 0.606. The molecule has 0 aliphatic rings. The summed E-state index contributed by atoms with van der Waals surface area (Å²) < 4.78 is 3.77. The molecule has 0 aromatic heterocycles. The van der Waals surface area contributed by atoms with E-state index in [0.29, 0.717) is 0 Å². The van der Waals surface area contributed by atoms with E-state index in [1.165, 1.54) is 0 Å². The summed E-state index contributed by atoms with van der Waals surface area (Å²) in [6, 6.07) is 12.0. The topological polar surface area (TPSA) is 101 Å². The average molecular weight is 340 g/mol. The van der Waals surface area contributed by atoms with Gasteiger partial charge in [-0.05, 0) is 12.8 Å². The molecule has 6 nitrogen and oxygen atoms in total.